The Hall–Kier alpha value is -3.49. The maximum Gasteiger partial charge on any atom is 0.310 e. The quantitative estimate of drug-likeness (QED) is 0.360. The highest BCUT2D eigenvalue weighted by Gasteiger charge is 2.36. The van der Waals surface area contributed by atoms with Crippen molar-refractivity contribution in [3.05, 3.63) is 76.6 Å². The molecule has 39 heavy (non-hydrogen) atoms. The smallest absolute Gasteiger partial charge is 0.310 e. The third kappa shape index (κ3) is 5.36. The van der Waals surface area contributed by atoms with Crippen LogP contribution in [0.15, 0.2) is 54.7 Å². The van der Waals surface area contributed by atoms with E-state index in [-0.39, 0.29) is 24.2 Å². The summed E-state index contributed by atoms with van der Waals surface area (Å²) in [6.45, 7) is 3.08. The topological polar surface area (TPSA) is 79.2 Å². The van der Waals surface area contributed by atoms with Gasteiger partial charge in [-0.3, -0.25) is 9.59 Å². The van der Waals surface area contributed by atoms with E-state index in [1.54, 1.807) is 26.0 Å². The number of carbonyl (C=O) groups excluding carboxylic acids is 2. The Labute approximate surface area is 233 Å². The van der Waals surface area contributed by atoms with Crippen molar-refractivity contribution in [3.63, 3.8) is 0 Å². The predicted octanol–water partition coefficient (Wildman–Crippen LogP) is 5.50. The molecule has 1 saturated heterocycles. The lowest BCUT2D eigenvalue weighted by Crippen LogP contribution is -2.43. The summed E-state index contributed by atoms with van der Waals surface area (Å²) in [5.74, 6) is 0.522. The molecule has 3 aromatic rings. The molecule has 3 atom stereocenters. The zero-order valence-corrected chi connectivity index (χ0v) is 23.1. The van der Waals surface area contributed by atoms with Crippen molar-refractivity contribution in [1.82, 2.24) is 9.47 Å². The van der Waals surface area contributed by atoms with Gasteiger partial charge in [-0.15, -0.1) is 0 Å². The number of rotatable bonds is 7. The van der Waals surface area contributed by atoms with E-state index in [0.29, 0.717) is 36.2 Å². The number of aromatic nitrogens is 1. The molecule has 0 aliphatic carbocycles. The molecule has 1 aromatic heterocycles. The first-order valence-electron chi connectivity index (χ1n) is 13.2. The Morgan fingerprint density at radius 3 is 2.69 bits per heavy atom. The van der Waals surface area contributed by atoms with Crippen molar-refractivity contribution >= 4 is 23.5 Å². The summed E-state index contributed by atoms with van der Waals surface area (Å²) >= 11 is 6.48. The van der Waals surface area contributed by atoms with E-state index < -0.39 is 12.2 Å². The summed E-state index contributed by atoms with van der Waals surface area (Å²) < 4.78 is 25.4. The summed E-state index contributed by atoms with van der Waals surface area (Å²) in [5, 5.41) is 0.575. The summed E-state index contributed by atoms with van der Waals surface area (Å²) in [7, 11) is 3.19. The van der Waals surface area contributed by atoms with Gasteiger partial charge in [-0.1, -0.05) is 23.7 Å². The lowest BCUT2D eigenvalue weighted by atomic mass is 9.97. The largest absolute Gasteiger partial charge is 0.493 e. The minimum absolute atomic E-state index is 0.0675. The van der Waals surface area contributed by atoms with Gasteiger partial charge in [-0.2, -0.15) is 0 Å². The summed E-state index contributed by atoms with van der Waals surface area (Å²) in [5.41, 5.74) is 3.38. The lowest BCUT2D eigenvalue weighted by Gasteiger charge is -2.33. The number of esters is 1. The molecular weight excluding hydrogens is 520 g/mol. The highest BCUT2D eigenvalue weighted by atomic mass is 35.5. The van der Waals surface area contributed by atoms with E-state index in [4.69, 9.17) is 30.5 Å². The lowest BCUT2D eigenvalue weighted by molar-refractivity contribution is -0.151. The van der Waals surface area contributed by atoms with Gasteiger partial charge in [0, 0.05) is 35.4 Å². The minimum Gasteiger partial charge on any atom is -0.493 e. The fourth-order valence-electron chi connectivity index (χ4n) is 5.59. The molecular formula is C30H33ClN2O6. The third-order valence-corrected chi connectivity index (χ3v) is 7.65. The van der Waals surface area contributed by atoms with E-state index in [9.17, 15) is 9.59 Å². The van der Waals surface area contributed by atoms with Crippen LogP contribution in [-0.2, 0) is 19.1 Å². The maximum absolute atomic E-state index is 13.6. The van der Waals surface area contributed by atoms with Crippen molar-refractivity contribution in [2.45, 2.75) is 38.4 Å². The maximum atomic E-state index is 13.6. The Kier molecular flexibility index (Phi) is 8.14. The summed E-state index contributed by atoms with van der Waals surface area (Å²) in [6.07, 6.45) is 2.40. The Balaban J connectivity index is 1.51. The number of halogens is 1. The SMILES string of the molecule is CCOC(=O)[C@H]1CCCN(C(=O)C[C@H]2O[C@H](c3cccc(OC)c3OC)c3cc(Cl)ccc3-n3cccc32)C1. The second-order valence-electron chi connectivity index (χ2n) is 9.73. The van der Waals surface area contributed by atoms with Gasteiger partial charge in [0.05, 0.1) is 44.5 Å². The number of carbonyl (C=O) groups is 2. The van der Waals surface area contributed by atoms with Crippen LogP contribution in [0.3, 0.4) is 0 Å². The zero-order valence-electron chi connectivity index (χ0n) is 22.4. The van der Waals surface area contributed by atoms with Crippen LogP contribution in [0.4, 0.5) is 0 Å². The Bertz CT molecular complexity index is 1350. The summed E-state index contributed by atoms with van der Waals surface area (Å²) in [4.78, 5) is 27.8. The number of hydrogen-bond donors (Lipinski definition) is 0. The molecule has 2 aliphatic heterocycles. The molecule has 206 valence electrons. The molecule has 2 aliphatic rings. The van der Waals surface area contributed by atoms with Crippen LogP contribution in [0.5, 0.6) is 11.5 Å². The van der Waals surface area contributed by atoms with Gasteiger partial charge in [-0.25, -0.2) is 0 Å². The van der Waals surface area contributed by atoms with Crippen LogP contribution in [0.1, 0.15) is 55.2 Å². The first kappa shape index (κ1) is 27.1. The average molecular weight is 553 g/mol. The van der Waals surface area contributed by atoms with Crippen LogP contribution in [0.2, 0.25) is 5.02 Å². The number of nitrogens with zero attached hydrogens (tertiary/aromatic N) is 2. The van der Waals surface area contributed by atoms with Crippen molar-refractivity contribution < 1.29 is 28.5 Å². The van der Waals surface area contributed by atoms with Crippen LogP contribution in [0, 0.1) is 5.92 Å². The number of fused-ring (bicyclic) bond motifs is 3. The molecule has 0 radical (unpaired) electrons. The molecule has 1 fully saturated rings. The average Bonchev–Trinajstić information content (AvgIpc) is 3.40. The number of para-hydroxylation sites is 1. The fourth-order valence-corrected chi connectivity index (χ4v) is 5.77. The van der Waals surface area contributed by atoms with Crippen molar-refractivity contribution in [3.8, 4) is 17.2 Å². The first-order valence-corrected chi connectivity index (χ1v) is 13.6. The number of ether oxygens (including phenoxy) is 4. The van der Waals surface area contributed by atoms with Crippen LogP contribution < -0.4 is 9.47 Å². The van der Waals surface area contributed by atoms with Gasteiger partial charge in [-0.05, 0) is 56.2 Å². The van der Waals surface area contributed by atoms with Crippen LogP contribution in [0.25, 0.3) is 5.69 Å². The normalized spacial score (nSPS) is 20.4. The molecule has 8 nitrogen and oxygen atoms in total. The molecule has 3 heterocycles. The number of hydrogen-bond acceptors (Lipinski definition) is 6. The fraction of sp³-hybridized carbons (Fsp3) is 0.400. The van der Waals surface area contributed by atoms with Gasteiger partial charge in [0.2, 0.25) is 5.91 Å². The second-order valence-corrected chi connectivity index (χ2v) is 10.2. The molecule has 0 bridgehead atoms. The summed E-state index contributed by atoms with van der Waals surface area (Å²) in [6, 6.07) is 15.3. The number of piperidine rings is 1. The number of amides is 1. The number of methoxy groups -OCH3 is 2. The van der Waals surface area contributed by atoms with Gasteiger partial charge in [0.1, 0.15) is 12.2 Å². The highest BCUT2D eigenvalue weighted by molar-refractivity contribution is 6.30. The highest BCUT2D eigenvalue weighted by Crippen LogP contribution is 2.46. The van der Waals surface area contributed by atoms with E-state index in [1.807, 2.05) is 59.3 Å². The van der Waals surface area contributed by atoms with Gasteiger partial charge < -0.3 is 28.4 Å². The molecule has 1 amide bonds. The monoisotopic (exact) mass is 552 g/mol. The molecule has 2 aromatic carbocycles. The molecule has 0 unspecified atom stereocenters. The molecule has 5 rings (SSSR count). The molecule has 0 N–H and O–H groups in total. The van der Waals surface area contributed by atoms with Crippen molar-refractivity contribution in [1.29, 1.82) is 0 Å². The second kappa shape index (κ2) is 11.7. The van der Waals surface area contributed by atoms with E-state index >= 15 is 0 Å². The van der Waals surface area contributed by atoms with E-state index in [2.05, 4.69) is 0 Å². The zero-order chi connectivity index (χ0) is 27.5. The van der Waals surface area contributed by atoms with Gasteiger partial charge in [0.25, 0.3) is 0 Å². The molecule has 0 saturated carbocycles. The van der Waals surface area contributed by atoms with Crippen molar-refractivity contribution in [2.75, 3.05) is 33.9 Å². The number of likely N-dealkylation sites (tertiary alicyclic amines) is 1. The third-order valence-electron chi connectivity index (χ3n) is 7.41. The minimum atomic E-state index is -0.588. The van der Waals surface area contributed by atoms with Crippen molar-refractivity contribution in [2.24, 2.45) is 5.92 Å². The van der Waals surface area contributed by atoms with E-state index in [0.717, 1.165) is 35.3 Å². The predicted molar refractivity (Wildman–Crippen MR) is 147 cm³/mol. The Morgan fingerprint density at radius 1 is 1.08 bits per heavy atom. The molecule has 0 spiro atoms. The van der Waals surface area contributed by atoms with Gasteiger partial charge in [0.15, 0.2) is 11.5 Å². The van der Waals surface area contributed by atoms with E-state index in [1.165, 1.54) is 0 Å². The first-order chi connectivity index (χ1) is 18.9. The van der Waals surface area contributed by atoms with Crippen LogP contribution >= 0.6 is 11.6 Å². The Morgan fingerprint density at radius 2 is 1.92 bits per heavy atom. The van der Waals surface area contributed by atoms with Crippen LogP contribution in [-0.4, -0.2) is 55.3 Å². The standard InChI is InChI=1S/C30H33ClN2O6/c1-4-38-30(35)19-8-6-14-32(18-19)27(34)17-26-24-10-7-15-33(24)23-13-12-20(31)16-22(23)28(39-26)21-9-5-11-25(36-2)29(21)37-3/h5,7,9-13,15-16,19,26,28H,4,6,8,14,17-18H2,1-3H3/t19-,26+,28+/m0/s1. The molecule has 9 heteroatoms. The number of benzene rings is 2. The van der Waals surface area contributed by atoms with Gasteiger partial charge >= 0.3 is 5.97 Å².